The summed E-state index contributed by atoms with van der Waals surface area (Å²) in [5, 5.41) is 5.94. The largest absolute Gasteiger partial charge is 0.338 e. The van der Waals surface area contributed by atoms with Crippen LogP contribution in [-0.4, -0.2) is 5.11 Å². The van der Waals surface area contributed by atoms with Gasteiger partial charge in [-0.05, 0) is 44.3 Å². The third-order valence-corrected chi connectivity index (χ3v) is 4.58. The summed E-state index contributed by atoms with van der Waals surface area (Å²) in [5.41, 5.74) is 6.38. The lowest BCUT2D eigenvalue weighted by Gasteiger charge is -2.27. The summed E-state index contributed by atoms with van der Waals surface area (Å²) in [6.07, 6.45) is 0. The molecule has 0 aliphatic carbocycles. The number of rotatable bonds is 2. The first-order chi connectivity index (χ1) is 9.99. The Morgan fingerprint density at radius 2 is 1.76 bits per heavy atom. The molecular weight excluding hydrogens is 346 g/mol. The molecule has 0 radical (unpaired) electrons. The van der Waals surface area contributed by atoms with E-state index in [1.165, 1.54) is 5.56 Å². The van der Waals surface area contributed by atoms with E-state index in [-0.39, 0.29) is 0 Å². The van der Waals surface area contributed by atoms with Gasteiger partial charge in [0.2, 0.25) is 0 Å². The Morgan fingerprint density at radius 3 is 2.43 bits per heavy atom. The standard InChI is InChI=1S/C16H16BrN3S/c1-11-7-9-12(10-8-11)20-15(21)18-16(2,19-20)13-5-3-4-6-14(13)17/h3-10,19H,1-2H3,(H,18,21)/t16-/m1/s1. The molecule has 2 aromatic carbocycles. The van der Waals surface area contributed by atoms with Crippen molar-refractivity contribution in [3.8, 4) is 0 Å². The molecule has 0 aromatic heterocycles. The fourth-order valence-electron chi connectivity index (χ4n) is 2.44. The van der Waals surface area contributed by atoms with E-state index in [1.807, 2.05) is 23.2 Å². The molecule has 2 N–H and O–H groups in total. The maximum Gasteiger partial charge on any atom is 0.190 e. The molecule has 1 aliphatic rings. The molecule has 1 atom stereocenters. The maximum absolute atomic E-state index is 5.48. The number of aryl methyl sites for hydroxylation is 1. The van der Waals surface area contributed by atoms with Gasteiger partial charge in [0.05, 0.1) is 5.69 Å². The van der Waals surface area contributed by atoms with Crippen LogP contribution in [0.2, 0.25) is 0 Å². The van der Waals surface area contributed by atoms with E-state index in [1.54, 1.807) is 0 Å². The average Bonchev–Trinajstić information content (AvgIpc) is 2.76. The summed E-state index contributed by atoms with van der Waals surface area (Å²) < 4.78 is 1.04. The molecule has 0 amide bonds. The van der Waals surface area contributed by atoms with Gasteiger partial charge in [0.25, 0.3) is 0 Å². The van der Waals surface area contributed by atoms with Gasteiger partial charge in [0.1, 0.15) is 5.66 Å². The first-order valence-electron chi connectivity index (χ1n) is 6.71. The van der Waals surface area contributed by atoms with Crippen molar-refractivity contribution in [2.75, 3.05) is 5.01 Å². The lowest BCUT2D eigenvalue weighted by molar-refractivity contribution is 0.388. The summed E-state index contributed by atoms with van der Waals surface area (Å²) in [7, 11) is 0. The Kier molecular flexibility index (Phi) is 3.73. The molecule has 3 nitrogen and oxygen atoms in total. The topological polar surface area (TPSA) is 27.3 Å². The molecule has 3 rings (SSSR count). The molecule has 1 heterocycles. The van der Waals surface area contributed by atoms with Gasteiger partial charge in [0.15, 0.2) is 5.11 Å². The zero-order valence-corrected chi connectivity index (χ0v) is 14.3. The van der Waals surface area contributed by atoms with Crippen LogP contribution >= 0.6 is 28.1 Å². The molecule has 21 heavy (non-hydrogen) atoms. The zero-order chi connectivity index (χ0) is 15.0. The Morgan fingerprint density at radius 1 is 1.10 bits per heavy atom. The quantitative estimate of drug-likeness (QED) is 0.794. The molecule has 5 heteroatoms. The van der Waals surface area contributed by atoms with Crippen LogP contribution in [0.15, 0.2) is 53.0 Å². The van der Waals surface area contributed by atoms with Gasteiger partial charge in [-0.1, -0.05) is 51.8 Å². The van der Waals surface area contributed by atoms with Crippen molar-refractivity contribution in [3.63, 3.8) is 0 Å². The van der Waals surface area contributed by atoms with E-state index >= 15 is 0 Å². The van der Waals surface area contributed by atoms with E-state index in [2.05, 4.69) is 70.9 Å². The predicted octanol–water partition coefficient (Wildman–Crippen LogP) is 3.83. The number of nitrogens with one attached hydrogen (secondary N) is 2. The molecule has 0 bridgehead atoms. The summed E-state index contributed by atoms with van der Waals surface area (Å²) in [6, 6.07) is 16.4. The first-order valence-corrected chi connectivity index (χ1v) is 7.91. The molecule has 2 aromatic rings. The second kappa shape index (κ2) is 5.40. The minimum atomic E-state index is -0.442. The molecule has 0 unspecified atom stereocenters. The average molecular weight is 362 g/mol. The molecule has 1 fully saturated rings. The lowest BCUT2D eigenvalue weighted by atomic mass is 10.0. The molecule has 1 aliphatic heterocycles. The van der Waals surface area contributed by atoms with Gasteiger partial charge in [0, 0.05) is 10.0 Å². The predicted molar refractivity (Wildman–Crippen MR) is 94.0 cm³/mol. The second-order valence-electron chi connectivity index (χ2n) is 5.32. The van der Waals surface area contributed by atoms with Gasteiger partial charge in [-0.2, -0.15) is 5.43 Å². The van der Waals surface area contributed by atoms with Crippen LogP contribution in [0.4, 0.5) is 5.69 Å². The van der Waals surface area contributed by atoms with Crippen LogP contribution in [0.5, 0.6) is 0 Å². The number of hydrogen-bond donors (Lipinski definition) is 2. The van der Waals surface area contributed by atoms with Crippen LogP contribution in [0, 0.1) is 6.92 Å². The molecule has 0 saturated carbocycles. The Balaban J connectivity index is 1.94. The summed E-state index contributed by atoms with van der Waals surface area (Å²) in [4.78, 5) is 0. The Labute approximate surface area is 138 Å². The summed E-state index contributed by atoms with van der Waals surface area (Å²) >= 11 is 9.09. The fraction of sp³-hybridized carbons (Fsp3) is 0.188. The van der Waals surface area contributed by atoms with Gasteiger partial charge >= 0.3 is 0 Å². The second-order valence-corrected chi connectivity index (χ2v) is 6.56. The highest BCUT2D eigenvalue weighted by atomic mass is 79.9. The molecule has 0 spiro atoms. The molecule has 1 saturated heterocycles. The smallest absolute Gasteiger partial charge is 0.190 e. The van der Waals surface area contributed by atoms with Crippen LogP contribution in [0.25, 0.3) is 0 Å². The van der Waals surface area contributed by atoms with E-state index in [9.17, 15) is 0 Å². The first kappa shape index (κ1) is 14.5. The number of benzene rings is 2. The number of thiocarbonyl (C=S) groups is 1. The third kappa shape index (κ3) is 2.69. The monoisotopic (exact) mass is 361 g/mol. The van der Waals surface area contributed by atoms with Crippen molar-refractivity contribution in [1.82, 2.24) is 10.7 Å². The van der Waals surface area contributed by atoms with Crippen molar-refractivity contribution < 1.29 is 0 Å². The van der Waals surface area contributed by atoms with Crippen LogP contribution < -0.4 is 15.8 Å². The minimum absolute atomic E-state index is 0.442. The van der Waals surface area contributed by atoms with Crippen molar-refractivity contribution in [2.24, 2.45) is 0 Å². The maximum atomic E-state index is 5.48. The van der Waals surface area contributed by atoms with E-state index in [4.69, 9.17) is 12.2 Å². The van der Waals surface area contributed by atoms with Crippen molar-refractivity contribution in [3.05, 3.63) is 64.1 Å². The van der Waals surface area contributed by atoms with Crippen LogP contribution in [0.3, 0.4) is 0 Å². The van der Waals surface area contributed by atoms with Gasteiger partial charge in [-0.15, -0.1) is 0 Å². The highest BCUT2D eigenvalue weighted by Gasteiger charge is 2.39. The molecule has 108 valence electrons. The van der Waals surface area contributed by atoms with Crippen molar-refractivity contribution in [2.45, 2.75) is 19.5 Å². The minimum Gasteiger partial charge on any atom is -0.338 e. The van der Waals surface area contributed by atoms with E-state index in [0.29, 0.717) is 5.11 Å². The highest BCUT2D eigenvalue weighted by Crippen LogP contribution is 2.31. The fourth-order valence-corrected chi connectivity index (χ4v) is 3.48. The van der Waals surface area contributed by atoms with Crippen molar-refractivity contribution in [1.29, 1.82) is 0 Å². The van der Waals surface area contributed by atoms with Gasteiger partial charge in [-0.3, -0.25) is 0 Å². The Hall–Kier alpha value is -1.43. The van der Waals surface area contributed by atoms with Crippen molar-refractivity contribution >= 4 is 38.9 Å². The van der Waals surface area contributed by atoms with Gasteiger partial charge < -0.3 is 5.32 Å². The number of anilines is 1. The summed E-state index contributed by atoms with van der Waals surface area (Å²) in [5.74, 6) is 0. The highest BCUT2D eigenvalue weighted by molar-refractivity contribution is 9.10. The Bertz CT molecular complexity index is 686. The van der Waals surface area contributed by atoms with E-state index < -0.39 is 5.66 Å². The lowest BCUT2D eigenvalue weighted by Crippen LogP contribution is -2.46. The number of hydrogen-bond acceptors (Lipinski definition) is 2. The molecular formula is C16H16BrN3S. The van der Waals surface area contributed by atoms with Crippen LogP contribution in [-0.2, 0) is 5.66 Å². The zero-order valence-electron chi connectivity index (χ0n) is 11.9. The van der Waals surface area contributed by atoms with Crippen LogP contribution in [0.1, 0.15) is 18.1 Å². The number of hydrazine groups is 1. The third-order valence-electron chi connectivity index (χ3n) is 3.60. The van der Waals surface area contributed by atoms with E-state index in [0.717, 1.165) is 15.7 Å². The summed E-state index contributed by atoms with van der Waals surface area (Å²) in [6.45, 7) is 4.15. The normalized spacial score (nSPS) is 21.5. The number of nitrogens with zero attached hydrogens (tertiary/aromatic N) is 1. The number of halogens is 1. The SMILES string of the molecule is Cc1ccc(N2N[C@](C)(c3ccccc3Br)NC2=S)cc1. The van der Waals surface area contributed by atoms with Gasteiger partial charge in [-0.25, -0.2) is 5.01 Å².